The van der Waals surface area contributed by atoms with E-state index in [1.54, 1.807) is 0 Å². The molecule has 3 rings (SSSR count). The maximum Gasteiger partial charge on any atom is 0.0457 e. The summed E-state index contributed by atoms with van der Waals surface area (Å²) in [7, 11) is 0. The topological polar surface area (TPSA) is 41.8 Å². The summed E-state index contributed by atoms with van der Waals surface area (Å²) in [4.78, 5) is 3.31. The smallest absolute Gasteiger partial charge is 0.0457 e. The van der Waals surface area contributed by atoms with Gasteiger partial charge in [-0.1, -0.05) is 41.4 Å². The van der Waals surface area contributed by atoms with Gasteiger partial charge in [0, 0.05) is 28.0 Å². The third kappa shape index (κ3) is 2.97. The summed E-state index contributed by atoms with van der Waals surface area (Å²) in [5, 5.41) is 1.93. The van der Waals surface area contributed by atoms with Crippen molar-refractivity contribution >= 4 is 22.5 Å². The van der Waals surface area contributed by atoms with E-state index in [2.05, 4.69) is 42.4 Å². The van der Waals surface area contributed by atoms with Crippen molar-refractivity contribution < 1.29 is 0 Å². The summed E-state index contributed by atoms with van der Waals surface area (Å²) in [6, 6.07) is 14.6. The number of benzene rings is 2. The second-order valence-electron chi connectivity index (χ2n) is 5.56. The van der Waals surface area contributed by atoms with Crippen molar-refractivity contribution in [3.05, 3.63) is 70.4 Å². The summed E-state index contributed by atoms with van der Waals surface area (Å²) in [5.41, 5.74) is 11.0. The number of aromatic amines is 1. The molecule has 1 unspecified atom stereocenters. The molecule has 0 bridgehead atoms. The average Bonchev–Trinajstić information content (AvgIpc) is 2.89. The van der Waals surface area contributed by atoms with Crippen LogP contribution in [-0.4, -0.2) is 11.5 Å². The predicted molar refractivity (Wildman–Crippen MR) is 90.0 cm³/mol. The lowest BCUT2D eigenvalue weighted by Gasteiger charge is -2.14. The number of nitrogens with two attached hydrogens (primary N) is 1. The number of rotatable bonds is 4. The molecule has 0 saturated heterocycles. The van der Waals surface area contributed by atoms with E-state index in [4.69, 9.17) is 17.3 Å². The Morgan fingerprint density at radius 1 is 1.14 bits per heavy atom. The van der Waals surface area contributed by atoms with Gasteiger partial charge in [0.15, 0.2) is 0 Å². The molecule has 0 aliphatic carbocycles. The molecule has 3 aromatic rings. The summed E-state index contributed by atoms with van der Waals surface area (Å²) in [6.45, 7) is 2.72. The number of H-pyrrole nitrogens is 1. The van der Waals surface area contributed by atoms with Gasteiger partial charge in [-0.15, -0.1) is 0 Å². The maximum atomic E-state index is 6.13. The third-order valence-corrected chi connectivity index (χ3v) is 4.24. The highest BCUT2D eigenvalue weighted by Crippen LogP contribution is 2.29. The van der Waals surface area contributed by atoms with E-state index in [9.17, 15) is 0 Å². The highest BCUT2D eigenvalue weighted by atomic mass is 35.5. The van der Waals surface area contributed by atoms with Gasteiger partial charge in [0.25, 0.3) is 0 Å². The Kier molecular flexibility index (Phi) is 4.00. The molecule has 0 amide bonds. The van der Waals surface area contributed by atoms with E-state index in [-0.39, 0.29) is 0 Å². The van der Waals surface area contributed by atoms with Crippen LogP contribution in [0.4, 0.5) is 0 Å². The number of aryl methyl sites for hydroxylation is 1. The third-order valence-electron chi connectivity index (χ3n) is 4.00. The summed E-state index contributed by atoms with van der Waals surface area (Å²) >= 11 is 6.13. The van der Waals surface area contributed by atoms with Gasteiger partial charge in [0.05, 0.1) is 0 Å². The monoisotopic (exact) mass is 298 g/mol. The van der Waals surface area contributed by atoms with E-state index in [0.717, 1.165) is 17.0 Å². The molecule has 0 spiro atoms. The number of hydrogen-bond donors (Lipinski definition) is 2. The number of fused-ring (bicyclic) bond motifs is 1. The van der Waals surface area contributed by atoms with Gasteiger partial charge in [-0.2, -0.15) is 0 Å². The Bertz CT molecular complexity index is 744. The molecular formula is C18H19ClN2. The van der Waals surface area contributed by atoms with Crippen molar-refractivity contribution in [2.45, 2.75) is 19.3 Å². The predicted octanol–water partition coefficient (Wildman–Crippen LogP) is 4.41. The fraction of sp³-hybridized carbons (Fsp3) is 0.222. The second kappa shape index (κ2) is 5.92. The van der Waals surface area contributed by atoms with Crippen molar-refractivity contribution in [3.63, 3.8) is 0 Å². The number of halogens is 1. The van der Waals surface area contributed by atoms with Crippen LogP contribution in [0, 0.1) is 6.92 Å². The van der Waals surface area contributed by atoms with E-state index in [1.165, 1.54) is 22.1 Å². The van der Waals surface area contributed by atoms with Crippen LogP contribution in [0.15, 0.2) is 48.7 Å². The van der Waals surface area contributed by atoms with E-state index < -0.39 is 0 Å². The fourth-order valence-corrected chi connectivity index (χ4v) is 2.95. The van der Waals surface area contributed by atoms with Crippen molar-refractivity contribution in [3.8, 4) is 0 Å². The molecule has 3 heteroatoms. The van der Waals surface area contributed by atoms with Crippen molar-refractivity contribution in [1.82, 2.24) is 4.98 Å². The molecule has 0 fully saturated rings. The van der Waals surface area contributed by atoms with Gasteiger partial charge in [0.2, 0.25) is 0 Å². The van der Waals surface area contributed by atoms with Crippen LogP contribution in [0.25, 0.3) is 10.9 Å². The highest BCUT2D eigenvalue weighted by Gasteiger charge is 2.15. The Labute approximate surface area is 129 Å². The van der Waals surface area contributed by atoms with E-state index >= 15 is 0 Å². The minimum absolute atomic E-state index is 0.292. The zero-order valence-corrected chi connectivity index (χ0v) is 12.8. The van der Waals surface area contributed by atoms with Crippen LogP contribution >= 0.6 is 11.6 Å². The van der Waals surface area contributed by atoms with Crippen molar-refractivity contribution in [2.24, 2.45) is 5.73 Å². The van der Waals surface area contributed by atoms with Crippen molar-refractivity contribution in [1.29, 1.82) is 0 Å². The van der Waals surface area contributed by atoms with Gasteiger partial charge >= 0.3 is 0 Å². The number of aromatic nitrogens is 1. The second-order valence-corrected chi connectivity index (χ2v) is 5.99. The van der Waals surface area contributed by atoms with Gasteiger partial charge in [-0.3, -0.25) is 0 Å². The molecule has 3 N–H and O–H groups in total. The molecule has 0 saturated carbocycles. The first-order chi connectivity index (χ1) is 10.2. The van der Waals surface area contributed by atoms with Crippen LogP contribution in [0.2, 0.25) is 5.02 Å². The molecule has 1 aromatic heterocycles. The first-order valence-corrected chi connectivity index (χ1v) is 7.57. The van der Waals surface area contributed by atoms with Gasteiger partial charge < -0.3 is 10.7 Å². The molecule has 0 radical (unpaired) electrons. The molecule has 2 aromatic carbocycles. The molecule has 1 heterocycles. The molecule has 0 aliphatic rings. The average molecular weight is 299 g/mol. The maximum absolute atomic E-state index is 6.13. The summed E-state index contributed by atoms with van der Waals surface area (Å²) in [6.07, 6.45) is 3.00. The Balaban J connectivity index is 1.94. The largest absolute Gasteiger partial charge is 0.361 e. The first-order valence-electron chi connectivity index (χ1n) is 7.19. The van der Waals surface area contributed by atoms with E-state index in [0.29, 0.717) is 12.5 Å². The van der Waals surface area contributed by atoms with Gasteiger partial charge in [-0.05, 0) is 49.2 Å². The zero-order chi connectivity index (χ0) is 14.8. The van der Waals surface area contributed by atoms with Gasteiger partial charge in [0.1, 0.15) is 0 Å². The van der Waals surface area contributed by atoms with Crippen LogP contribution < -0.4 is 5.73 Å². The lowest BCUT2D eigenvalue weighted by molar-refractivity contribution is 0.699. The summed E-state index contributed by atoms with van der Waals surface area (Å²) < 4.78 is 0. The molecule has 0 aliphatic heterocycles. The normalized spacial score (nSPS) is 12.7. The number of nitrogens with one attached hydrogen (secondary N) is 1. The van der Waals surface area contributed by atoms with Crippen LogP contribution in [0.1, 0.15) is 22.6 Å². The van der Waals surface area contributed by atoms with Gasteiger partial charge in [-0.25, -0.2) is 0 Å². The standard InChI is InChI=1S/C18H19ClN2/c1-12-2-4-13(5-3-12)8-14(10-20)17-11-21-18-7-6-15(19)9-16(17)18/h2-7,9,11,14,21H,8,10,20H2,1H3. The lowest BCUT2D eigenvalue weighted by Crippen LogP contribution is -2.14. The molecular weight excluding hydrogens is 280 g/mol. The van der Waals surface area contributed by atoms with Crippen LogP contribution in [0.3, 0.4) is 0 Å². The van der Waals surface area contributed by atoms with E-state index in [1.807, 2.05) is 18.2 Å². The molecule has 1 atom stereocenters. The molecule has 2 nitrogen and oxygen atoms in total. The first kappa shape index (κ1) is 14.2. The Hall–Kier alpha value is -1.77. The van der Waals surface area contributed by atoms with Crippen LogP contribution in [0.5, 0.6) is 0 Å². The lowest BCUT2D eigenvalue weighted by atomic mass is 9.91. The Morgan fingerprint density at radius 3 is 2.62 bits per heavy atom. The fourth-order valence-electron chi connectivity index (χ4n) is 2.78. The SMILES string of the molecule is Cc1ccc(CC(CN)c2c[nH]c3ccc(Cl)cc23)cc1. The number of hydrogen-bond acceptors (Lipinski definition) is 1. The van der Waals surface area contributed by atoms with Crippen molar-refractivity contribution in [2.75, 3.05) is 6.54 Å². The molecule has 21 heavy (non-hydrogen) atoms. The summed E-state index contributed by atoms with van der Waals surface area (Å²) in [5.74, 6) is 0.292. The van der Waals surface area contributed by atoms with Crippen LogP contribution in [-0.2, 0) is 6.42 Å². The minimum atomic E-state index is 0.292. The zero-order valence-electron chi connectivity index (χ0n) is 12.1. The quantitative estimate of drug-likeness (QED) is 0.736. The minimum Gasteiger partial charge on any atom is -0.361 e. The molecule has 108 valence electrons. The Morgan fingerprint density at radius 2 is 1.90 bits per heavy atom. The highest BCUT2D eigenvalue weighted by molar-refractivity contribution is 6.31.